The number of ether oxygens (including phenoxy) is 3. The molecular weight excluding hydrogens is 949 g/mol. The molecule has 6 heteroatoms. The molecule has 0 aliphatic rings. The van der Waals surface area contributed by atoms with Crippen molar-refractivity contribution in [3.63, 3.8) is 0 Å². The van der Waals surface area contributed by atoms with Crippen LogP contribution in [0.1, 0.15) is 316 Å². The van der Waals surface area contributed by atoms with Gasteiger partial charge < -0.3 is 14.2 Å². The smallest absolute Gasteiger partial charge is 0.306 e. The quantitative estimate of drug-likeness (QED) is 0.0261. The zero-order valence-corrected chi connectivity index (χ0v) is 50.7. The molecule has 0 radical (unpaired) electrons. The molecule has 0 aliphatic carbocycles. The number of hydrogen-bond acceptors (Lipinski definition) is 6. The van der Waals surface area contributed by atoms with Crippen LogP contribution in [0.4, 0.5) is 0 Å². The van der Waals surface area contributed by atoms with E-state index in [2.05, 4.69) is 118 Å². The molecule has 0 aromatic heterocycles. The van der Waals surface area contributed by atoms with Crippen LogP contribution in [-0.2, 0) is 28.6 Å². The van der Waals surface area contributed by atoms with E-state index < -0.39 is 6.10 Å². The monoisotopic (exact) mass is 1070 g/mol. The number of unbranched alkanes of at least 4 members (excludes halogenated alkanes) is 32. The standard InChI is InChI=1S/C71H122O6/c1-4-7-10-13-16-19-22-24-26-28-29-30-31-32-33-34-35-36-37-38-39-40-41-43-44-46-49-52-55-58-61-64-70(73)76-67-68(66-75-69(72)63-60-57-54-51-48-21-18-15-12-9-6-3)77-71(74)65-62-59-56-53-50-47-45-42-27-25-23-20-17-14-11-8-5-2/h8,11,15,17-18,20,22,24-25,27-29,45,47,53,56,68H,4-7,9-10,12-14,16,19,21,23,26,30-44,46,48-52,54-55,57-67H2,1-3H3/b11-8-,18-15-,20-17-,24-22-,27-25-,29-28-,47-45-,56-53-. The first-order valence-electron chi connectivity index (χ1n) is 32.7. The second kappa shape index (κ2) is 64.9. The van der Waals surface area contributed by atoms with E-state index in [1.54, 1.807) is 0 Å². The normalized spacial score (nSPS) is 12.7. The zero-order chi connectivity index (χ0) is 55.7. The second-order valence-corrected chi connectivity index (χ2v) is 21.6. The minimum Gasteiger partial charge on any atom is -0.462 e. The van der Waals surface area contributed by atoms with Gasteiger partial charge in [-0.25, -0.2) is 0 Å². The lowest BCUT2D eigenvalue weighted by Gasteiger charge is -2.18. The Morgan fingerprint density at radius 1 is 0.273 bits per heavy atom. The molecule has 0 amide bonds. The van der Waals surface area contributed by atoms with Crippen molar-refractivity contribution >= 4 is 17.9 Å². The minimum atomic E-state index is -0.810. The van der Waals surface area contributed by atoms with Gasteiger partial charge in [0, 0.05) is 19.3 Å². The number of rotatable bonds is 59. The Labute approximate surface area is 477 Å². The van der Waals surface area contributed by atoms with Gasteiger partial charge in [-0.1, -0.05) is 285 Å². The van der Waals surface area contributed by atoms with Gasteiger partial charge in [0.05, 0.1) is 0 Å². The summed E-state index contributed by atoms with van der Waals surface area (Å²) in [5.41, 5.74) is 0. The summed E-state index contributed by atoms with van der Waals surface area (Å²) in [5, 5.41) is 0. The molecule has 0 bridgehead atoms. The number of esters is 3. The average Bonchev–Trinajstić information content (AvgIpc) is 3.43. The third-order valence-electron chi connectivity index (χ3n) is 14.0. The lowest BCUT2D eigenvalue weighted by molar-refractivity contribution is -0.167. The highest BCUT2D eigenvalue weighted by atomic mass is 16.6. The van der Waals surface area contributed by atoms with Crippen LogP contribution in [0.3, 0.4) is 0 Å². The van der Waals surface area contributed by atoms with Crippen LogP contribution in [0.15, 0.2) is 97.2 Å². The largest absolute Gasteiger partial charge is 0.462 e. The van der Waals surface area contributed by atoms with E-state index in [0.29, 0.717) is 19.3 Å². The van der Waals surface area contributed by atoms with Crippen LogP contribution in [0.5, 0.6) is 0 Å². The molecular formula is C71H122O6. The van der Waals surface area contributed by atoms with Gasteiger partial charge in [0.2, 0.25) is 0 Å². The molecule has 0 aromatic carbocycles. The Morgan fingerprint density at radius 2 is 0.532 bits per heavy atom. The molecule has 0 saturated heterocycles. The summed E-state index contributed by atoms with van der Waals surface area (Å²) in [6, 6.07) is 0. The molecule has 0 fully saturated rings. The first-order valence-corrected chi connectivity index (χ1v) is 32.7. The first kappa shape index (κ1) is 73.3. The van der Waals surface area contributed by atoms with Crippen molar-refractivity contribution in [2.24, 2.45) is 0 Å². The summed E-state index contributed by atoms with van der Waals surface area (Å²) in [4.78, 5) is 38.2. The van der Waals surface area contributed by atoms with Gasteiger partial charge in [-0.15, -0.1) is 0 Å². The Morgan fingerprint density at radius 3 is 0.883 bits per heavy atom. The maximum atomic E-state index is 12.8. The van der Waals surface area contributed by atoms with Crippen molar-refractivity contribution in [3.8, 4) is 0 Å². The van der Waals surface area contributed by atoms with Crippen molar-refractivity contribution in [1.29, 1.82) is 0 Å². The third-order valence-corrected chi connectivity index (χ3v) is 14.0. The number of allylic oxidation sites excluding steroid dienone is 16. The minimum absolute atomic E-state index is 0.101. The molecule has 0 aromatic rings. The maximum Gasteiger partial charge on any atom is 0.306 e. The van der Waals surface area contributed by atoms with Gasteiger partial charge in [-0.2, -0.15) is 0 Å². The van der Waals surface area contributed by atoms with E-state index >= 15 is 0 Å². The van der Waals surface area contributed by atoms with Crippen LogP contribution >= 0.6 is 0 Å². The molecule has 0 rings (SSSR count). The third kappa shape index (κ3) is 63.0. The summed E-state index contributed by atoms with van der Waals surface area (Å²) in [7, 11) is 0. The summed E-state index contributed by atoms with van der Waals surface area (Å²) in [6.07, 6.45) is 87.3. The van der Waals surface area contributed by atoms with Crippen molar-refractivity contribution in [3.05, 3.63) is 97.2 Å². The topological polar surface area (TPSA) is 78.9 Å². The van der Waals surface area contributed by atoms with Crippen molar-refractivity contribution in [1.82, 2.24) is 0 Å². The van der Waals surface area contributed by atoms with Crippen molar-refractivity contribution < 1.29 is 28.6 Å². The number of carbonyl (C=O) groups excluding carboxylic acids is 3. The molecule has 0 N–H and O–H groups in total. The molecule has 0 spiro atoms. The lowest BCUT2D eigenvalue weighted by Crippen LogP contribution is -2.30. The lowest BCUT2D eigenvalue weighted by atomic mass is 10.0. The van der Waals surface area contributed by atoms with Crippen LogP contribution in [0.25, 0.3) is 0 Å². The van der Waals surface area contributed by atoms with Gasteiger partial charge in [-0.3, -0.25) is 14.4 Å². The van der Waals surface area contributed by atoms with Crippen LogP contribution < -0.4 is 0 Å². The van der Waals surface area contributed by atoms with Crippen LogP contribution in [0.2, 0.25) is 0 Å². The molecule has 77 heavy (non-hydrogen) atoms. The van der Waals surface area contributed by atoms with Gasteiger partial charge >= 0.3 is 17.9 Å². The number of carbonyl (C=O) groups is 3. The van der Waals surface area contributed by atoms with E-state index in [0.717, 1.165) is 96.3 Å². The average molecular weight is 1070 g/mol. The van der Waals surface area contributed by atoms with E-state index in [9.17, 15) is 14.4 Å². The Hall–Kier alpha value is -3.67. The highest BCUT2D eigenvalue weighted by Gasteiger charge is 2.19. The fourth-order valence-corrected chi connectivity index (χ4v) is 9.14. The van der Waals surface area contributed by atoms with Crippen LogP contribution in [0, 0.1) is 0 Å². The van der Waals surface area contributed by atoms with Crippen LogP contribution in [-0.4, -0.2) is 37.2 Å². The maximum absolute atomic E-state index is 12.8. The van der Waals surface area contributed by atoms with E-state index in [1.807, 2.05) is 0 Å². The van der Waals surface area contributed by atoms with E-state index in [-0.39, 0.29) is 37.5 Å². The fourth-order valence-electron chi connectivity index (χ4n) is 9.14. The molecule has 1 unspecified atom stereocenters. The predicted octanol–water partition coefficient (Wildman–Crippen LogP) is 22.4. The molecule has 6 nitrogen and oxygen atoms in total. The van der Waals surface area contributed by atoms with Crippen molar-refractivity contribution in [2.75, 3.05) is 13.2 Å². The summed E-state index contributed by atoms with van der Waals surface area (Å²) in [5.74, 6) is -0.962. The molecule has 0 aliphatic heterocycles. The Bertz CT molecular complexity index is 1510. The fraction of sp³-hybridized carbons (Fsp3) is 0.732. The second-order valence-electron chi connectivity index (χ2n) is 21.6. The molecule has 0 saturated carbocycles. The van der Waals surface area contributed by atoms with Gasteiger partial charge in [0.25, 0.3) is 0 Å². The van der Waals surface area contributed by atoms with E-state index in [1.165, 1.54) is 173 Å². The van der Waals surface area contributed by atoms with Gasteiger partial charge in [0.1, 0.15) is 13.2 Å². The molecule has 0 heterocycles. The van der Waals surface area contributed by atoms with Gasteiger partial charge in [-0.05, 0) is 109 Å². The summed E-state index contributed by atoms with van der Waals surface area (Å²) in [6.45, 7) is 6.44. The summed E-state index contributed by atoms with van der Waals surface area (Å²) >= 11 is 0. The van der Waals surface area contributed by atoms with Gasteiger partial charge in [0.15, 0.2) is 6.10 Å². The summed E-state index contributed by atoms with van der Waals surface area (Å²) < 4.78 is 16.8. The highest BCUT2D eigenvalue weighted by Crippen LogP contribution is 2.17. The Kier molecular flexibility index (Phi) is 61.8. The van der Waals surface area contributed by atoms with Crippen molar-refractivity contribution in [2.45, 2.75) is 322 Å². The zero-order valence-electron chi connectivity index (χ0n) is 50.7. The molecule has 1 atom stereocenters. The number of hydrogen-bond donors (Lipinski definition) is 0. The predicted molar refractivity (Wildman–Crippen MR) is 334 cm³/mol. The molecule has 442 valence electrons. The van der Waals surface area contributed by atoms with E-state index in [4.69, 9.17) is 14.2 Å². The SMILES string of the molecule is CC/C=C\C/C=C\C/C=C\C/C=C\C/C=C\CCCC(=O)OC(COC(=O)CCCCCCC/C=C\CCCC)COC(=O)CCCCCCCCCCCCCCCCCCCCC/C=C\C/C=C\CCCCCCC. The first-order chi connectivity index (χ1) is 38.0. The Balaban J connectivity index is 4.20. The highest BCUT2D eigenvalue weighted by molar-refractivity contribution is 5.71.